The van der Waals surface area contributed by atoms with E-state index in [9.17, 15) is 9.59 Å². The first-order chi connectivity index (χ1) is 10.2. The number of carbonyl (C=O) groups is 2. The van der Waals surface area contributed by atoms with Crippen LogP contribution >= 0.6 is 0 Å². The topological polar surface area (TPSA) is 80.8 Å². The Morgan fingerprint density at radius 1 is 1.36 bits per heavy atom. The van der Waals surface area contributed by atoms with Gasteiger partial charge in [-0.3, -0.25) is 4.79 Å². The zero-order chi connectivity index (χ0) is 16.8. The van der Waals surface area contributed by atoms with E-state index in [1.807, 2.05) is 0 Å². The molecule has 0 aliphatic heterocycles. The summed E-state index contributed by atoms with van der Waals surface area (Å²) in [6.07, 6.45) is 1.12. The van der Waals surface area contributed by atoms with Gasteiger partial charge in [0, 0.05) is 26.3 Å². The van der Waals surface area contributed by atoms with Crippen LogP contribution in [0.15, 0.2) is 18.3 Å². The summed E-state index contributed by atoms with van der Waals surface area (Å²) in [7, 11) is 3.07. The number of hydrogen-bond acceptors (Lipinski definition) is 5. The molecule has 1 aromatic heterocycles. The molecule has 0 aliphatic rings. The maximum absolute atomic E-state index is 12.0. The summed E-state index contributed by atoms with van der Waals surface area (Å²) in [4.78, 5) is 29.2. The lowest BCUT2D eigenvalue weighted by Gasteiger charge is -2.24. The Hall–Kier alpha value is -2.31. The number of amides is 2. The molecule has 1 aromatic rings. The molecule has 0 atom stereocenters. The summed E-state index contributed by atoms with van der Waals surface area (Å²) < 4.78 is 10.3. The summed E-state index contributed by atoms with van der Waals surface area (Å²) in [6.45, 7) is 6.04. The minimum Gasteiger partial charge on any atom is -0.480 e. The molecule has 2 amide bonds. The summed E-state index contributed by atoms with van der Waals surface area (Å²) in [6, 6.07) is 3.28. The van der Waals surface area contributed by atoms with Crippen molar-refractivity contribution in [3.8, 4) is 5.88 Å². The highest BCUT2D eigenvalue weighted by molar-refractivity contribution is 5.96. The normalized spacial score (nSPS) is 10.8. The maximum atomic E-state index is 12.0. The Balaban J connectivity index is 2.47. The van der Waals surface area contributed by atoms with Gasteiger partial charge in [0.05, 0.1) is 7.11 Å². The van der Waals surface area contributed by atoms with E-state index in [1.165, 1.54) is 12.0 Å². The van der Waals surface area contributed by atoms with Gasteiger partial charge < -0.3 is 19.7 Å². The van der Waals surface area contributed by atoms with Gasteiger partial charge in [-0.1, -0.05) is 0 Å². The van der Waals surface area contributed by atoms with Gasteiger partial charge in [0.2, 0.25) is 5.88 Å². The molecule has 1 heterocycles. The highest BCUT2D eigenvalue weighted by Gasteiger charge is 2.19. The van der Waals surface area contributed by atoms with Crippen LogP contribution in [0.2, 0.25) is 0 Å². The average molecular weight is 309 g/mol. The van der Waals surface area contributed by atoms with E-state index < -0.39 is 11.7 Å². The monoisotopic (exact) mass is 309 g/mol. The smallest absolute Gasteiger partial charge is 0.410 e. The highest BCUT2D eigenvalue weighted by atomic mass is 16.6. The van der Waals surface area contributed by atoms with Gasteiger partial charge >= 0.3 is 6.09 Å². The van der Waals surface area contributed by atoms with Crippen LogP contribution in [-0.4, -0.2) is 54.7 Å². The number of ether oxygens (including phenoxy) is 2. The van der Waals surface area contributed by atoms with Crippen LogP contribution in [0.25, 0.3) is 0 Å². The number of nitrogens with one attached hydrogen (secondary N) is 1. The lowest BCUT2D eigenvalue weighted by atomic mass is 10.2. The largest absolute Gasteiger partial charge is 0.480 e. The molecule has 0 spiro atoms. The SMILES string of the molecule is COc1ncccc1C(=O)NCCN(C)C(=O)OC(C)(C)C. The van der Waals surface area contributed by atoms with Crippen molar-refractivity contribution in [1.82, 2.24) is 15.2 Å². The van der Waals surface area contributed by atoms with E-state index in [4.69, 9.17) is 9.47 Å². The van der Waals surface area contributed by atoms with E-state index >= 15 is 0 Å². The van der Waals surface area contributed by atoms with Crippen LogP contribution in [0.5, 0.6) is 5.88 Å². The standard InChI is InChI=1S/C15H23N3O4/c1-15(2,3)22-14(20)18(4)10-9-16-12(19)11-7-6-8-17-13(11)21-5/h6-8H,9-10H2,1-5H3,(H,16,19). The zero-order valence-corrected chi connectivity index (χ0v) is 13.7. The number of rotatable bonds is 5. The second-order valence-electron chi connectivity index (χ2n) is 5.72. The molecule has 0 aliphatic carbocycles. The Kier molecular flexibility index (Phi) is 6.15. The molecular formula is C15H23N3O4. The van der Waals surface area contributed by atoms with Crippen LogP contribution in [0.1, 0.15) is 31.1 Å². The molecule has 7 nitrogen and oxygen atoms in total. The third-order valence-corrected chi connectivity index (χ3v) is 2.65. The molecule has 0 unspecified atom stereocenters. The third-order valence-electron chi connectivity index (χ3n) is 2.65. The number of methoxy groups -OCH3 is 1. The summed E-state index contributed by atoms with van der Waals surface area (Å²) >= 11 is 0. The fraction of sp³-hybridized carbons (Fsp3) is 0.533. The van der Waals surface area contributed by atoms with E-state index in [0.717, 1.165) is 0 Å². The molecule has 1 N–H and O–H groups in total. The fourth-order valence-corrected chi connectivity index (χ4v) is 1.59. The molecule has 0 radical (unpaired) electrons. The number of nitrogens with zero attached hydrogens (tertiary/aromatic N) is 2. The Bertz CT molecular complexity index is 526. The van der Waals surface area contributed by atoms with Gasteiger partial charge in [0.15, 0.2) is 0 Å². The average Bonchev–Trinajstić information content (AvgIpc) is 2.45. The third kappa shape index (κ3) is 5.59. The minimum atomic E-state index is -0.544. The quantitative estimate of drug-likeness (QED) is 0.895. The number of aromatic nitrogens is 1. The molecule has 0 fully saturated rings. The molecule has 0 aromatic carbocycles. The van der Waals surface area contributed by atoms with Crippen LogP contribution in [0, 0.1) is 0 Å². The number of pyridine rings is 1. The Morgan fingerprint density at radius 2 is 2.05 bits per heavy atom. The zero-order valence-electron chi connectivity index (χ0n) is 13.7. The second-order valence-corrected chi connectivity index (χ2v) is 5.72. The first-order valence-corrected chi connectivity index (χ1v) is 6.96. The van der Waals surface area contributed by atoms with Gasteiger partial charge in [-0.2, -0.15) is 0 Å². The molecule has 0 saturated heterocycles. The first-order valence-electron chi connectivity index (χ1n) is 6.96. The van der Waals surface area contributed by atoms with Gasteiger partial charge in [0.1, 0.15) is 11.2 Å². The van der Waals surface area contributed by atoms with Crippen LogP contribution in [0.4, 0.5) is 4.79 Å². The van der Waals surface area contributed by atoms with Crippen molar-refractivity contribution in [1.29, 1.82) is 0 Å². The Labute approximate surface area is 130 Å². The van der Waals surface area contributed by atoms with Gasteiger partial charge in [0.25, 0.3) is 5.91 Å². The van der Waals surface area contributed by atoms with Crippen molar-refractivity contribution in [2.24, 2.45) is 0 Å². The number of hydrogen-bond donors (Lipinski definition) is 1. The summed E-state index contributed by atoms with van der Waals surface area (Å²) in [5.74, 6) is -0.0389. The van der Waals surface area contributed by atoms with E-state index in [2.05, 4.69) is 10.3 Å². The Morgan fingerprint density at radius 3 is 2.64 bits per heavy atom. The van der Waals surface area contributed by atoms with Crippen molar-refractivity contribution >= 4 is 12.0 Å². The molecule has 22 heavy (non-hydrogen) atoms. The predicted molar refractivity (Wildman–Crippen MR) is 82.0 cm³/mol. The van der Waals surface area contributed by atoms with Gasteiger partial charge in [-0.05, 0) is 32.9 Å². The summed E-state index contributed by atoms with van der Waals surface area (Å²) in [5, 5.41) is 2.71. The van der Waals surface area contributed by atoms with Crippen molar-refractivity contribution in [2.75, 3.05) is 27.2 Å². The van der Waals surface area contributed by atoms with Crippen molar-refractivity contribution in [3.05, 3.63) is 23.9 Å². The first kappa shape index (κ1) is 17.7. The van der Waals surface area contributed by atoms with E-state index in [1.54, 1.807) is 46.1 Å². The van der Waals surface area contributed by atoms with Gasteiger partial charge in [-0.15, -0.1) is 0 Å². The lowest BCUT2D eigenvalue weighted by Crippen LogP contribution is -2.39. The highest BCUT2D eigenvalue weighted by Crippen LogP contribution is 2.13. The molecule has 7 heteroatoms. The molecule has 1 rings (SSSR count). The van der Waals surface area contributed by atoms with Crippen molar-refractivity contribution < 1.29 is 19.1 Å². The number of carbonyl (C=O) groups excluding carboxylic acids is 2. The van der Waals surface area contributed by atoms with Crippen LogP contribution in [0.3, 0.4) is 0 Å². The van der Waals surface area contributed by atoms with E-state index in [-0.39, 0.29) is 11.8 Å². The molecule has 0 saturated carbocycles. The van der Waals surface area contributed by atoms with Gasteiger partial charge in [-0.25, -0.2) is 9.78 Å². The molecule has 0 bridgehead atoms. The lowest BCUT2D eigenvalue weighted by molar-refractivity contribution is 0.0299. The van der Waals surface area contributed by atoms with Crippen molar-refractivity contribution in [2.45, 2.75) is 26.4 Å². The second kappa shape index (κ2) is 7.63. The number of likely N-dealkylation sites (N-methyl/N-ethyl adjacent to an activating group) is 1. The van der Waals surface area contributed by atoms with Crippen LogP contribution < -0.4 is 10.1 Å². The molecular weight excluding hydrogens is 286 g/mol. The van der Waals surface area contributed by atoms with Crippen molar-refractivity contribution in [3.63, 3.8) is 0 Å². The molecule has 122 valence electrons. The summed E-state index contributed by atoms with van der Waals surface area (Å²) in [5.41, 5.74) is -0.192. The minimum absolute atomic E-state index is 0.264. The van der Waals surface area contributed by atoms with Crippen LogP contribution in [-0.2, 0) is 4.74 Å². The maximum Gasteiger partial charge on any atom is 0.410 e. The fourth-order valence-electron chi connectivity index (χ4n) is 1.59. The van der Waals surface area contributed by atoms with E-state index in [0.29, 0.717) is 18.7 Å². The predicted octanol–water partition coefficient (Wildman–Crippen LogP) is 1.69.